The number of carbonyl (C=O) groups is 1. The summed E-state index contributed by atoms with van der Waals surface area (Å²) in [6.07, 6.45) is -9.95. The Bertz CT molecular complexity index is 1190. The smallest absolute Gasteiger partial charge is 0.416 e. The number of carbonyl (C=O) groups excluding carboxylic acids is 1. The first-order chi connectivity index (χ1) is 17.9. The molecule has 0 bridgehead atoms. The minimum absolute atomic E-state index is 0. The van der Waals surface area contributed by atoms with Gasteiger partial charge in [0.2, 0.25) is 0 Å². The van der Waals surface area contributed by atoms with Crippen LogP contribution in [0.25, 0.3) is 0 Å². The summed E-state index contributed by atoms with van der Waals surface area (Å²) in [5.41, 5.74) is -1.18. The Labute approximate surface area is 254 Å². The zero-order valence-electron chi connectivity index (χ0n) is 22.6. The molecular formula is C29H32F6O4Y. The summed E-state index contributed by atoms with van der Waals surface area (Å²) in [6.45, 7) is 8.21. The number of phenolic OH excluding ortho intramolecular Hbond substituents is 1. The molecule has 1 aliphatic carbocycles. The van der Waals surface area contributed by atoms with Gasteiger partial charge in [0.25, 0.3) is 0 Å². The predicted octanol–water partition coefficient (Wildman–Crippen LogP) is 7.83. The molecule has 1 unspecified atom stereocenters. The molecule has 3 aromatic carbocycles. The Morgan fingerprint density at radius 1 is 0.800 bits per heavy atom. The summed E-state index contributed by atoms with van der Waals surface area (Å²) in [5, 5.41) is 9.33. The van der Waals surface area contributed by atoms with Crippen molar-refractivity contribution in [3.63, 3.8) is 0 Å². The van der Waals surface area contributed by atoms with E-state index >= 15 is 0 Å². The van der Waals surface area contributed by atoms with E-state index in [1.54, 1.807) is 30.3 Å². The SMILES string of the molecule is CC.CC.O.O=C1c2ccc(OCc3ccc(O)cc3)cc2CC1Cc1cc(C(F)(F)F)cc(C(F)(F)F)c1.[Y]. The van der Waals surface area contributed by atoms with Gasteiger partial charge in [-0.05, 0) is 78.1 Å². The number of hydrogen-bond acceptors (Lipinski definition) is 3. The maximum absolute atomic E-state index is 13.1. The normalized spacial score (nSPS) is 13.8. The first kappa shape index (κ1) is 37.6. The Balaban J connectivity index is 0.00000243. The number of benzene rings is 3. The molecule has 1 radical (unpaired) electrons. The molecule has 217 valence electrons. The Morgan fingerprint density at radius 3 is 1.82 bits per heavy atom. The Morgan fingerprint density at radius 2 is 1.32 bits per heavy atom. The minimum atomic E-state index is -4.94. The molecule has 0 aromatic heterocycles. The molecule has 3 N–H and O–H groups in total. The fraction of sp³-hybridized carbons (Fsp3) is 0.345. The molecule has 4 nitrogen and oxygen atoms in total. The van der Waals surface area contributed by atoms with Gasteiger partial charge in [0.15, 0.2) is 5.78 Å². The monoisotopic (exact) mass is 647 g/mol. The molecule has 0 aliphatic heterocycles. The third kappa shape index (κ3) is 9.89. The van der Waals surface area contributed by atoms with Crippen molar-refractivity contribution in [3.05, 3.63) is 94.0 Å². The van der Waals surface area contributed by atoms with E-state index in [-0.39, 0.29) is 80.8 Å². The Hall–Kier alpha value is -2.43. The maximum Gasteiger partial charge on any atom is 0.416 e. The molecule has 0 spiro atoms. The number of alkyl halides is 6. The molecule has 1 aliphatic rings. The van der Waals surface area contributed by atoms with Crippen molar-refractivity contribution in [3.8, 4) is 11.5 Å². The molecule has 4 rings (SSSR count). The van der Waals surface area contributed by atoms with Gasteiger partial charge in [0.05, 0.1) is 11.1 Å². The van der Waals surface area contributed by atoms with E-state index in [0.29, 0.717) is 29.0 Å². The van der Waals surface area contributed by atoms with Crippen LogP contribution in [-0.2, 0) is 64.5 Å². The van der Waals surface area contributed by atoms with Crippen molar-refractivity contribution in [2.75, 3.05) is 0 Å². The number of fused-ring (bicyclic) bond motifs is 1. The number of phenols is 1. The zero-order chi connectivity index (χ0) is 28.7. The van der Waals surface area contributed by atoms with Crippen molar-refractivity contribution in [2.45, 2.75) is 59.5 Å². The number of rotatable bonds is 5. The fourth-order valence-electron chi connectivity index (χ4n) is 3.99. The van der Waals surface area contributed by atoms with E-state index < -0.39 is 29.4 Å². The van der Waals surface area contributed by atoms with Crippen LogP contribution < -0.4 is 4.74 Å². The number of ketones is 1. The van der Waals surface area contributed by atoms with E-state index in [2.05, 4.69) is 0 Å². The van der Waals surface area contributed by atoms with E-state index in [9.17, 15) is 36.2 Å². The predicted molar refractivity (Wildman–Crippen MR) is 137 cm³/mol. The third-order valence-electron chi connectivity index (χ3n) is 5.65. The second kappa shape index (κ2) is 16.1. The zero-order valence-corrected chi connectivity index (χ0v) is 25.4. The van der Waals surface area contributed by atoms with Gasteiger partial charge in [-0.25, -0.2) is 0 Å². The van der Waals surface area contributed by atoms with Crippen molar-refractivity contribution >= 4 is 5.78 Å². The van der Waals surface area contributed by atoms with Crippen LogP contribution in [0.3, 0.4) is 0 Å². The number of halogens is 6. The van der Waals surface area contributed by atoms with Gasteiger partial charge in [-0.15, -0.1) is 0 Å². The van der Waals surface area contributed by atoms with Crippen LogP contribution in [-0.4, -0.2) is 16.4 Å². The van der Waals surface area contributed by atoms with Gasteiger partial charge in [-0.1, -0.05) is 39.8 Å². The molecule has 0 amide bonds. The van der Waals surface area contributed by atoms with Gasteiger partial charge >= 0.3 is 12.4 Å². The number of Topliss-reactive ketones (excluding diaryl/α,β-unsaturated/α-hetero) is 1. The third-order valence-corrected chi connectivity index (χ3v) is 5.65. The molecule has 3 aromatic rings. The van der Waals surface area contributed by atoms with Gasteiger partial charge in [-0.3, -0.25) is 4.79 Å². The van der Waals surface area contributed by atoms with E-state index in [4.69, 9.17) is 4.74 Å². The molecule has 11 heteroatoms. The van der Waals surface area contributed by atoms with Crippen molar-refractivity contribution in [2.24, 2.45) is 5.92 Å². The van der Waals surface area contributed by atoms with E-state index in [1.807, 2.05) is 27.7 Å². The van der Waals surface area contributed by atoms with Crippen LogP contribution in [0.4, 0.5) is 26.3 Å². The van der Waals surface area contributed by atoms with E-state index in [0.717, 1.165) is 5.56 Å². The summed E-state index contributed by atoms with van der Waals surface area (Å²) in [5.74, 6) is -0.509. The molecule has 0 fully saturated rings. The van der Waals surface area contributed by atoms with Gasteiger partial charge < -0.3 is 15.3 Å². The quantitative estimate of drug-likeness (QED) is 0.287. The number of ether oxygens (including phenoxy) is 1. The largest absolute Gasteiger partial charge is 0.508 e. The van der Waals surface area contributed by atoms with Crippen LogP contribution in [0.1, 0.15) is 65.9 Å². The second-order valence-electron chi connectivity index (χ2n) is 8.16. The Kier molecular flexibility index (Phi) is 15.1. The topological polar surface area (TPSA) is 78.0 Å². The minimum Gasteiger partial charge on any atom is -0.508 e. The first-order valence-corrected chi connectivity index (χ1v) is 12.3. The average Bonchev–Trinajstić information content (AvgIpc) is 3.19. The van der Waals surface area contributed by atoms with Crippen LogP contribution in [0.5, 0.6) is 11.5 Å². The van der Waals surface area contributed by atoms with Gasteiger partial charge in [-0.2, -0.15) is 26.3 Å². The number of aromatic hydroxyl groups is 1. The van der Waals surface area contributed by atoms with E-state index in [1.165, 1.54) is 12.1 Å². The number of hydrogen-bond donors (Lipinski definition) is 1. The standard InChI is InChI=1S/C25H18F6O3.2C2H6.H2O.Y/c26-24(27,28)18-8-15(9-19(12-18)25(29,30)31)7-17-10-16-11-21(5-6-22(16)23(17)33)34-13-14-1-3-20(32)4-2-14;2*1-2;;/h1-6,8-9,11-12,17,32H,7,10,13H2;2*1-2H3;1H2;. The summed E-state index contributed by atoms with van der Waals surface area (Å²) in [4.78, 5) is 12.8. The van der Waals surface area contributed by atoms with Crippen molar-refractivity contribution < 1.29 is 79.2 Å². The molecule has 0 saturated heterocycles. The summed E-state index contributed by atoms with van der Waals surface area (Å²) in [7, 11) is 0. The maximum atomic E-state index is 13.1. The van der Waals surface area contributed by atoms with Crippen LogP contribution >= 0.6 is 0 Å². The van der Waals surface area contributed by atoms with Crippen LogP contribution in [0.15, 0.2) is 60.7 Å². The summed E-state index contributed by atoms with van der Waals surface area (Å²) in [6, 6.07) is 12.6. The molecular weight excluding hydrogens is 615 g/mol. The van der Waals surface area contributed by atoms with Crippen molar-refractivity contribution in [1.82, 2.24) is 0 Å². The van der Waals surface area contributed by atoms with Crippen LogP contribution in [0, 0.1) is 5.92 Å². The summed E-state index contributed by atoms with van der Waals surface area (Å²) >= 11 is 0. The second-order valence-corrected chi connectivity index (χ2v) is 8.16. The fourth-order valence-corrected chi connectivity index (χ4v) is 3.99. The van der Waals surface area contributed by atoms with Gasteiger partial charge in [0, 0.05) is 44.2 Å². The average molecular weight is 647 g/mol. The summed E-state index contributed by atoms with van der Waals surface area (Å²) < 4.78 is 84.6. The molecule has 1 atom stereocenters. The molecule has 0 saturated carbocycles. The molecule has 0 heterocycles. The first-order valence-electron chi connectivity index (χ1n) is 12.3. The van der Waals surface area contributed by atoms with Crippen LogP contribution in [0.2, 0.25) is 0 Å². The molecule has 40 heavy (non-hydrogen) atoms. The van der Waals surface area contributed by atoms with Gasteiger partial charge in [0.1, 0.15) is 18.1 Å². The van der Waals surface area contributed by atoms with Crippen molar-refractivity contribution in [1.29, 1.82) is 0 Å².